The molecule has 0 bridgehead atoms. The van der Waals surface area contributed by atoms with Crippen LogP contribution in [0, 0.1) is 0 Å². The fourth-order valence-electron chi connectivity index (χ4n) is 9.07. The van der Waals surface area contributed by atoms with Gasteiger partial charge in [0.15, 0.2) is 11.0 Å². The molecule has 0 atom stereocenters. The Kier molecular flexibility index (Phi) is 5.64. The van der Waals surface area contributed by atoms with Gasteiger partial charge in [0.2, 0.25) is 0 Å². The van der Waals surface area contributed by atoms with Gasteiger partial charge in [0.05, 0.1) is 11.1 Å². The fourth-order valence-corrected chi connectivity index (χ4v) is 9.07. The SMILES string of the molecule is Cn1c2ccccc2c2cc(C3CCCCC3)c(-n3c4[n+](c5ccccc53)Cc3ccccc3-4)c(C3CCCCC3)c21. The van der Waals surface area contributed by atoms with E-state index in [0.29, 0.717) is 11.8 Å². The Morgan fingerprint density at radius 1 is 0.667 bits per heavy atom. The number of nitrogens with zero attached hydrogens (tertiary/aromatic N) is 3. The van der Waals surface area contributed by atoms with Crippen molar-refractivity contribution in [3.63, 3.8) is 0 Å². The van der Waals surface area contributed by atoms with Crippen molar-refractivity contribution >= 4 is 32.8 Å². The molecule has 2 aliphatic carbocycles. The average molecular weight is 551 g/mol. The zero-order valence-corrected chi connectivity index (χ0v) is 24.8. The Morgan fingerprint density at radius 3 is 2.14 bits per heavy atom. The summed E-state index contributed by atoms with van der Waals surface area (Å²) in [5.41, 5.74) is 13.1. The molecule has 2 aromatic heterocycles. The number of hydrogen-bond acceptors (Lipinski definition) is 0. The highest BCUT2D eigenvalue weighted by molar-refractivity contribution is 6.10. The first-order valence-corrected chi connectivity index (χ1v) is 16.5. The molecule has 0 unspecified atom stereocenters. The Hall–Kier alpha value is -3.85. The monoisotopic (exact) mass is 550 g/mol. The smallest absolute Gasteiger partial charge is 0.295 e. The molecule has 4 aromatic carbocycles. The molecule has 3 heterocycles. The summed E-state index contributed by atoms with van der Waals surface area (Å²) in [7, 11) is 2.32. The maximum atomic E-state index is 2.74. The van der Waals surface area contributed by atoms with Crippen LogP contribution in [0.15, 0.2) is 78.9 Å². The predicted octanol–water partition coefficient (Wildman–Crippen LogP) is 9.69. The van der Waals surface area contributed by atoms with E-state index >= 15 is 0 Å². The van der Waals surface area contributed by atoms with Crippen molar-refractivity contribution in [2.24, 2.45) is 7.05 Å². The molecule has 0 spiro atoms. The second-order valence-electron chi connectivity index (χ2n) is 13.3. The number of aromatic nitrogens is 3. The number of rotatable bonds is 3. The number of para-hydroxylation sites is 3. The molecule has 2 saturated carbocycles. The van der Waals surface area contributed by atoms with Crippen LogP contribution in [0.5, 0.6) is 0 Å². The second kappa shape index (κ2) is 9.59. The van der Waals surface area contributed by atoms with Crippen LogP contribution in [0.1, 0.15) is 92.7 Å². The first-order valence-electron chi connectivity index (χ1n) is 16.5. The number of fused-ring (bicyclic) bond motifs is 8. The molecule has 0 saturated heterocycles. The van der Waals surface area contributed by atoms with Gasteiger partial charge < -0.3 is 4.57 Å². The van der Waals surface area contributed by atoms with Gasteiger partial charge in [-0.3, -0.25) is 0 Å². The topological polar surface area (TPSA) is 13.7 Å². The van der Waals surface area contributed by atoms with Crippen LogP contribution >= 0.6 is 0 Å². The second-order valence-corrected chi connectivity index (χ2v) is 13.3. The summed E-state index contributed by atoms with van der Waals surface area (Å²) in [5.74, 6) is 2.57. The standard InChI is InChI=1S/C39H40N3/c1-40-33-21-11-10-20-30(33)32-24-31(26-14-4-2-5-15-26)38(36(37(32)40)27-16-6-3-7-17-27)42-35-23-13-12-22-34(35)41-25-28-18-8-9-19-29(28)39(41)42/h8-13,18-24,26-27H,2-7,14-17,25H2,1H3/q+1. The lowest BCUT2D eigenvalue weighted by Crippen LogP contribution is -2.31. The number of benzene rings is 4. The molecule has 9 rings (SSSR count). The average Bonchev–Trinajstić information content (AvgIpc) is 3.68. The molecule has 1 aliphatic heterocycles. The summed E-state index contributed by atoms with van der Waals surface area (Å²) in [6, 6.07) is 30.1. The first-order chi connectivity index (χ1) is 20.8. The summed E-state index contributed by atoms with van der Waals surface area (Å²) in [6.07, 6.45) is 13.3. The Balaban J connectivity index is 1.48. The van der Waals surface area contributed by atoms with Crippen molar-refractivity contribution < 1.29 is 4.57 Å². The lowest BCUT2D eigenvalue weighted by Gasteiger charge is -2.29. The molecule has 3 aliphatic rings. The van der Waals surface area contributed by atoms with Crippen molar-refractivity contribution in [3.8, 4) is 17.1 Å². The van der Waals surface area contributed by atoms with E-state index in [1.807, 2.05) is 0 Å². The van der Waals surface area contributed by atoms with Crippen molar-refractivity contribution in [2.45, 2.75) is 82.6 Å². The summed E-state index contributed by atoms with van der Waals surface area (Å²) in [6.45, 7) is 0.951. The Bertz CT molecular complexity index is 1990. The molecule has 3 nitrogen and oxygen atoms in total. The lowest BCUT2D eigenvalue weighted by atomic mass is 9.77. The van der Waals surface area contributed by atoms with Gasteiger partial charge in [-0.05, 0) is 67.9 Å². The van der Waals surface area contributed by atoms with Gasteiger partial charge in [-0.15, -0.1) is 0 Å². The van der Waals surface area contributed by atoms with E-state index in [0.717, 1.165) is 6.54 Å². The molecule has 2 fully saturated rings. The quantitative estimate of drug-likeness (QED) is 0.194. The van der Waals surface area contributed by atoms with E-state index < -0.39 is 0 Å². The van der Waals surface area contributed by atoms with E-state index in [4.69, 9.17) is 0 Å². The minimum atomic E-state index is 0.585. The largest absolute Gasteiger partial charge is 0.343 e. The maximum absolute atomic E-state index is 2.74. The summed E-state index contributed by atoms with van der Waals surface area (Å²) in [5, 5.41) is 2.89. The minimum absolute atomic E-state index is 0.585. The Morgan fingerprint density at radius 2 is 1.33 bits per heavy atom. The van der Waals surface area contributed by atoms with Gasteiger partial charge in [0.25, 0.3) is 5.82 Å². The van der Waals surface area contributed by atoms with E-state index in [1.165, 1.54) is 120 Å². The van der Waals surface area contributed by atoms with E-state index in [-0.39, 0.29) is 0 Å². The zero-order chi connectivity index (χ0) is 27.8. The summed E-state index contributed by atoms with van der Waals surface area (Å²) < 4.78 is 7.88. The van der Waals surface area contributed by atoms with Crippen LogP contribution in [0.2, 0.25) is 0 Å². The summed E-state index contributed by atoms with van der Waals surface area (Å²) >= 11 is 0. The molecular formula is C39H40N3+. The van der Waals surface area contributed by atoms with Gasteiger partial charge in [0.1, 0.15) is 12.2 Å². The van der Waals surface area contributed by atoms with Crippen molar-refractivity contribution in [3.05, 3.63) is 95.6 Å². The van der Waals surface area contributed by atoms with Crippen LogP contribution in [0.4, 0.5) is 0 Å². The zero-order valence-electron chi connectivity index (χ0n) is 24.8. The molecule has 6 aromatic rings. The third-order valence-corrected chi connectivity index (χ3v) is 11.0. The highest BCUT2D eigenvalue weighted by Crippen LogP contribution is 2.49. The first kappa shape index (κ1) is 24.7. The van der Waals surface area contributed by atoms with Gasteiger partial charge in [-0.1, -0.05) is 87.1 Å². The van der Waals surface area contributed by atoms with Gasteiger partial charge >= 0.3 is 0 Å². The number of aryl methyl sites for hydroxylation is 1. The van der Waals surface area contributed by atoms with Gasteiger partial charge in [-0.25, -0.2) is 4.57 Å². The highest BCUT2D eigenvalue weighted by atomic mass is 15.2. The predicted molar refractivity (Wildman–Crippen MR) is 174 cm³/mol. The van der Waals surface area contributed by atoms with Crippen molar-refractivity contribution in [1.82, 2.24) is 9.13 Å². The van der Waals surface area contributed by atoms with E-state index in [9.17, 15) is 0 Å². The van der Waals surface area contributed by atoms with Crippen molar-refractivity contribution in [2.75, 3.05) is 0 Å². The van der Waals surface area contributed by atoms with Crippen LogP contribution in [-0.4, -0.2) is 9.13 Å². The molecule has 42 heavy (non-hydrogen) atoms. The van der Waals surface area contributed by atoms with Crippen LogP contribution in [0.3, 0.4) is 0 Å². The lowest BCUT2D eigenvalue weighted by molar-refractivity contribution is -0.645. The molecule has 0 N–H and O–H groups in total. The fraction of sp³-hybridized carbons (Fsp3) is 0.359. The van der Waals surface area contributed by atoms with Crippen LogP contribution in [0.25, 0.3) is 49.9 Å². The Labute approximate surface area is 248 Å². The summed E-state index contributed by atoms with van der Waals surface area (Å²) in [4.78, 5) is 0. The molecular weight excluding hydrogens is 510 g/mol. The highest BCUT2D eigenvalue weighted by Gasteiger charge is 2.39. The van der Waals surface area contributed by atoms with E-state index in [2.05, 4.69) is 99.6 Å². The molecule has 210 valence electrons. The number of imidazole rings is 1. The van der Waals surface area contributed by atoms with Gasteiger partial charge in [-0.2, -0.15) is 4.57 Å². The molecule has 0 amide bonds. The van der Waals surface area contributed by atoms with Crippen LogP contribution in [-0.2, 0) is 13.6 Å². The number of hydrogen-bond donors (Lipinski definition) is 0. The molecule has 3 heteroatoms. The van der Waals surface area contributed by atoms with Crippen molar-refractivity contribution in [1.29, 1.82) is 0 Å². The minimum Gasteiger partial charge on any atom is -0.343 e. The molecule has 0 radical (unpaired) electrons. The normalized spacial score (nSPS) is 17.8. The maximum Gasteiger partial charge on any atom is 0.295 e. The van der Waals surface area contributed by atoms with Gasteiger partial charge in [0, 0.05) is 40.0 Å². The van der Waals surface area contributed by atoms with Crippen LogP contribution < -0.4 is 4.57 Å². The third kappa shape index (κ3) is 3.49. The van der Waals surface area contributed by atoms with E-state index in [1.54, 1.807) is 11.1 Å². The third-order valence-electron chi connectivity index (χ3n) is 11.0.